The van der Waals surface area contributed by atoms with Crippen molar-refractivity contribution < 1.29 is 19.6 Å². The number of nitrogens with zero attached hydrogens (tertiary/aromatic N) is 2. The van der Waals surface area contributed by atoms with Crippen LogP contribution in [0.15, 0.2) is 46.0 Å². The van der Waals surface area contributed by atoms with Gasteiger partial charge in [-0.15, -0.1) is 0 Å². The molecule has 2 aromatic rings. The van der Waals surface area contributed by atoms with E-state index in [2.05, 4.69) is 26.5 Å². The molecule has 2 rings (SSSR count). The molecule has 0 bridgehead atoms. The third kappa shape index (κ3) is 5.44. The van der Waals surface area contributed by atoms with E-state index in [1.54, 1.807) is 18.2 Å². The number of rotatable bonds is 6. The molecular formula is C15H11BrClN3O5. The number of phenolic OH excluding ortho intramolecular Hbond substituents is 1. The molecule has 0 fully saturated rings. The number of phenols is 1. The van der Waals surface area contributed by atoms with Crippen molar-refractivity contribution in [1.82, 2.24) is 5.43 Å². The molecule has 130 valence electrons. The molecule has 0 heterocycles. The molecule has 2 N–H and O–H groups in total. The highest BCUT2D eigenvalue weighted by Gasteiger charge is 2.12. The van der Waals surface area contributed by atoms with Crippen LogP contribution in [0, 0.1) is 10.1 Å². The maximum absolute atomic E-state index is 11.7. The van der Waals surface area contributed by atoms with Crippen LogP contribution in [-0.4, -0.2) is 28.8 Å². The summed E-state index contributed by atoms with van der Waals surface area (Å²) in [5.74, 6) is -0.552. The second-order valence-electron chi connectivity index (χ2n) is 4.66. The molecule has 0 aliphatic heterocycles. The average molecular weight is 429 g/mol. The minimum absolute atomic E-state index is 0.275. The number of carbonyl (C=O) groups is 1. The minimum Gasteiger partial charge on any atom is -0.502 e. The van der Waals surface area contributed by atoms with Crippen LogP contribution in [-0.2, 0) is 4.79 Å². The van der Waals surface area contributed by atoms with Crippen molar-refractivity contribution in [3.8, 4) is 11.5 Å². The summed E-state index contributed by atoms with van der Waals surface area (Å²) in [6, 6.07) is 8.55. The number of aromatic hydroxyl groups is 1. The van der Waals surface area contributed by atoms with E-state index in [4.69, 9.17) is 16.3 Å². The number of hydrogen-bond donors (Lipinski definition) is 2. The van der Waals surface area contributed by atoms with Gasteiger partial charge in [-0.25, -0.2) is 5.43 Å². The zero-order chi connectivity index (χ0) is 18.4. The first-order chi connectivity index (χ1) is 11.9. The summed E-state index contributed by atoms with van der Waals surface area (Å²) < 4.78 is 5.92. The van der Waals surface area contributed by atoms with Crippen molar-refractivity contribution in [2.24, 2.45) is 5.10 Å². The van der Waals surface area contributed by atoms with Gasteiger partial charge in [0, 0.05) is 11.1 Å². The highest BCUT2D eigenvalue weighted by Crippen LogP contribution is 2.28. The molecule has 25 heavy (non-hydrogen) atoms. The fraction of sp³-hybridized carbons (Fsp3) is 0.0667. The number of nitro groups is 1. The Morgan fingerprint density at radius 2 is 2.16 bits per heavy atom. The van der Waals surface area contributed by atoms with Crippen molar-refractivity contribution in [3.05, 3.63) is 61.6 Å². The summed E-state index contributed by atoms with van der Waals surface area (Å²) in [6.07, 6.45) is 1.24. The van der Waals surface area contributed by atoms with Gasteiger partial charge in [0.15, 0.2) is 12.4 Å². The molecule has 10 heteroatoms. The fourth-order valence-corrected chi connectivity index (χ4v) is 2.52. The highest BCUT2D eigenvalue weighted by atomic mass is 79.9. The molecule has 2 aromatic carbocycles. The number of nitro benzene ring substituents is 1. The quantitative estimate of drug-likeness (QED) is 0.416. The molecule has 0 aliphatic carbocycles. The van der Waals surface area contributed by atoms with Crippen LogP contribution in [0.2, 0.25) is 5.02 Å². The molecule has 0 saturated heterocycles. The number of nitrogens with one attached hydrogen (secondary N) is 1. The van der Waals surface area contributed by atoms with Crippen molar-refractivity contribution >= 4 is 45.3 Å². The summed E-state index contributed by atoms with van der Waals surface area (Å²) in [4.78, 5) is 21.6. The van der Waals surface area contributed by atoms with Gasteiger partial charge in [0.05, 0.1) is 15.6 Å². The third-order valence-electron chi connectivity index (χ3n) is 2.85. The number of ether oxygens (including phenoxy) is 1. The van der Waals surface area contributed by atoms with E-state index >= 15 is 0 Å². The van der Waals surface area contributed by atoms with Crippen molar-refractivity contribution in [2.75, 3.05) is 6.61 Å². The van der Waals surface area contributed by atoms with Crippen molar-refractivity contribution in [2.45, 2.75) is 0 Å². The molecule has 0 radical (unpaired) electrons. The van der Waals surface area contributed by atoms with Gasteiger partial charge in [-0.1, -0.05) is 11.6 Å². The monoisotopic (exact) mass is 427 g/mol. The predicted octanol–water partition coefficient (Wildman–Crippen LogP) is 3.25. The lowest BCUT2D eigenvalue weighted by molar-refractivity contribution is -0.385. The van der Waals surface area contributed by atoms with E-state index in [1.165, 1.54) is 12.3 Å². The number of hydrogen-bond acceptors (Lipinski definition) is 6. The number of hydrazone groups is 1. The largest absolute Gasteiger partial charge is 0.502 e. The molecule has 0 aromatic heterocycles. The fourth-order valence-electron chi connectivity index (χ4n) is 1.72. The SMILES string of the molecule is O=C(COc1ccc(Cl)cc1Br)NN=Cc1ccc([N+](=O)[O-])c(O)c1. The minimum atomic E-state index is -0.704. The smallest absolute Gasteiger partial charge is 0.310 e. The summed E-state index contributed by atoms with van der Waals surface area (Å²) in [5.41, 5.74) is 2.20. The van der Waals surface area contributed by atoms with E-state index in [1.807, 2.05) is 0 Å². The van der Waals surface area contributed by atoms with Crippen molar-refractivity contribution in [3.63, 3.8) is 0 Å². The standard InChI is InChI=1S/C15H11BrClN3O5/c16-11-6-10(17)2-4-14(11)25-8-15(22)19-18-7-9-1-3-12(20(23)24)13(21)5-9/h1-7,21H,8H2,(H,19,22). The first-order valence-electron chi connectivity index (χ1n) is 6.74. The van der Waals surface area contributed by atoms with Crippen LogP contribution in [0.5, 0.6) is 11.5 Å². The van der Waals surface area contributed by atoms with Gasteiger partial charge in [0.25, 0.3) is 5.91 Å². The number of amides is 1. The third-order valence-corrected chi connectivity index (χ3v) is 3.71. The molecule has 0 aliphatic rings. The molecule has 1 amide bonds. The van der Waals surface area contributed by atoms with E-state index in [0.29, 0.717) is 20.8 Å². The lowest BCUT2D eigenvalue weighted by atomic mass is 10.2. The van der Waals surface area contributed by atoms with E-state index in [0.717, 1.165) is 12.1 Å². The lowest BCUT2D eigenvalue weighted by Crippen LogP contribution is -2.24. The molecule has 8 nitrogen and oxygen atoms in total. The summed E-state index contributed by atoms with van der Waals surface area (Å²) in [6.45, 7) is -0.275. The van der Waals surface area contributed by atoms with E-state index < -0.39 is 22.3 Å². The topological polar surface area (TPSA) is 114 Å². The molecule has 0 unspecified atom stereocenters. The Balaban J connectivity index is 1.88. The zero-order valence-electron chi connectivity index (χ0n) is 12.5. The maximum Gasteiger partial charge on any atom is 0.310 e. The second-order valence-corrected chi connectivity index (χ2v) is 5.95. The van der Waals surface area contributed by atoms with Crippen LogP contribution in [0.25, 0.3) is 0 Å². The highest BCUT2D eigenvalue weighted by molar-refractivity contribution is 9.10. The molecule has 0 saturated carbocycles. The van der Waals surface area contributed by atoms with Gasteiger partial charge in [0.2, 0.25) is 0 Å². The van der Waals surface area contributed by atoms with Crippen LogP contribution < -0.4 is 10.2 Å². The Bertz CT molecular complexity index is 844. The van der Waals surface area contributed by atoms with Crippen molar-refractivity contribution in [1.29, 1.82) is 0 Å². The Kier molecular flexibility index (Phi) is 6.31. The van der Waals surface area contributed by atoms with Gasteiger partial charge < -0.3 is 9.84 Å². The molecule has 0 atom stereocenters. The lowest BCUT2D eigenvalue weighted by Gasteiger charge is -2.07. The van der Waals surface area contributed by atoms with Gasteiger partial charge >= 0.3 is 5.69 Å². The van der Waals surface area contributed by atoms with E-state index in [9.17, 15) is 20.0 Å². The molecule has 0 spiro atoms. The molecular weight excluding hydrogens is 418 g/mol. The number of benzene rings is 2. The van der Waals surface area contributed by atoms with Crippen LogP contribution in [0.1, 0.15) is 5.56 Å². The van der Waals surface area contributed by atoms with Crippen LogP contribution in [0.3, 0.4) is 0 Å². The zero-order valence-corrected chi connectivity index (χ0v) is 14.8. The maximum atomic E-state index is 11.7. The summed E-state index contributed by atoms with van der Waals surface area (Å²) in [7, 11) is 0. The van der Waals surface area contributed by atoms with Gasteiger partial charge in [-0.3, -0.25) is 14.9 Å². The Labute approximate surface area is 155 Å². The first kappa shape index (κ1) is 18.7. The summed E-state index contributed by atoms with van der Waals surface area (Å²) in [5, 5.41) is 24.3. The normalized spacial score (nSPS) is 10.6. The summed E-state index contributed by atoms with van der Waals surface area (Å²) >= 11 is 9.07. The average Bonchev–Trinajstić information content (AvgIpc) is 2.53. The van der Waals surface area contributed by atoms with Gasteiger partial charge in [-0.2, -0.15) is 5.10 Å². The number of halogens is 2. The van der Waals surface area contributed by atoms with Crippen LogP contribution >= 0.6 is 27.5 Å². The second kappa shape index (κ2) is 8.45. The first-order valence-corrected chi connectivity index (χ1v) is 7.91. The Hall–Kier alpha value is -2.65. The predicted molar refractivity (Wildman–Crippen MR) is 95.1 cm³/mol. The van der Waals surface area contributed by atoms with Crippen LogP contribution in [0.4, 0.5) is 5.69 Å². The number of carbonyl (C=O) groups excluding carboxylic acids is 1. The van der Waals surface area contributed by atoms with E-state index in [-0.39, 0.29) is 6.61 Å². The van der Waals surface area contributed by atoms with Gasteiger partial charge in [-0.05, 0) is 51.8 Å². The Morgan fingerprint density at radius 3 is 2.80 bits per heavy atom. The Morgan fingerprint density at radius 1 is 1.40 bits per heavy atom. The van der Waals surface area contributed by atoms with Gasteiger partial charge in [0.1, 0.15) is 5.75 Å².